The average molecular weight is 1000 g/mol. The largest absolute Gasteiger partial charge is 0.495 e. The van der Waals surface area contributed by atoms with Crippen molar-refractivity contribution in [2.75, 3.05) is 90.5 Å². The topological polar surface area (TPSA) is 122 Å². The molecule has 2 aromatic heterocycles. The molecule has 65 heavy (non-hydrogen) atoms. The molecule has 0 radical (unpaired) electrons. The van der Waals surface area contributed by atoms with Crippen LogP contribution >= 0.6 is 46.4 Å². The Morgan fingerprint density at radius 3 is 1.42 bits per heavy atom. The molecule has 6 rings (SSSR count). The Balaban J connectivity index is 0.000000281. The lowest BCUT2D eigenvalue weighted by Gasteiger charge is -2.37. The van der Waals surface area contributed by atoms with E-state index < -0.39 is 33.8 Å². The molecule has 0 atom stereocenters. The lowest BCUT2D eigenvalue weighted by atomic mass is 10.1. The number of aromatic nitrogens is 4. The number of rotatable bonds is 11. The highest BCUT2D eigenvalue weighted by Crippen LogP contribution is 2.38. The van der Waals surface area contributed by atoms with Gasteiger partial charge in [-0.05, 0) is 45.6 Å². The third-order valence-electron chi connectivity index (χ3n) is 10.6. The van der Waals surface area contributed by atoms with Crippen molar-refractivity contribution >= 4 is 75.9 Å². The van der Waals surface area contributed by atoms with Crippen molar-refractivity contribution in [3.63, 3.8) is 0 Å². The molecule has 4 heterocycles. The first kappa shape index (κ1) is 53.0. The third-order valence-corrected chi connectivity index (χ3v) is 12.1. The van der Waals surface area contributed by atoms with Crippen LogP contribution < -0.4 is 19.3 Å². The minimum Gasteiger partial charge on any atom is -0.495 e. The van der Waals surface area contributed by atoms with E-state index in [9.17, 15) is 40.7 Å². The van der Waals surface area contributed by atoms with E-state index in [2.05, 4.69) is 15.1 Å². The second-order valence-corrected chi connectivity index (χ2v) is 16.6. The zero-order chi connectivity index (χ0) is 47.4. The Bertz CT molecular complexity index is 2340. The van der Waals surface area contributed by atoms with Crippen LogP contribution in [0.5, 0.6) is 11.5 Å². The zero-order valence-corrected chi connectivity index (χ0v) is 38.5. The Hall–Kier alpha value is -4.63. The number of hydrogen-bond donors (Lipinski definition) is 0. The number of hydrogen-bond acceptors (Lipinski definition) is 10. The average Bonchev–Trinajstić information content (AvgIpc) is 3.69. The summed E-state index contributed by atoms with van der Waals surface area (Å²) in [6.07, 6.45) is -8.68. The predicted octanol–water partition coefficient (Wildman–Crippen LogP) is 8.26. The number of amides is 2. The highest BCUT2D eigenvalue weighted by Gasteiger charge is 2.40. The first-order valence-electron chi connectivity index (χ1n) is 19.5. The number of benzene rings is 2. The maximum Gasteiger partial charge on any atom is 0.436 e. The SMILES string of the molecule is C.COc1cc(N2CCN(C(=O)Cn3nc(C(F)(F)F)c(Cl)c3C)CC2)c(C=O)cc1Cl.COc1cc(N2CCN(C(=O)Cn3nc(C(F)(F)F)c(Cl)c3C)CC2)c(CN(C)C)cc1Cl. The van der Waals surface area contributed by atoms with Crippen LogP contribution in [0, 0.1) is 13.8 Å². The number of ether oxygens (including phenoxy) is 2. The monoisotopic (exact) mass is 1000 g/mol. The van der Waals surface area contributed by atoms with Gasteiger partial charge in [0.25, 0.3) is 0 Å². The molecular formula is C41H49Cl4F6N9O5. The van der Waals surface area contributed by atoms with E-state index >= 15 is 0 Å². The minimum atomic E-state index is -4.70. The summed E-state index contributed by atoms with van der Waals surface area (Å²) < 4.78 is 90.6. The van der Waals surface area contributed by atoms with E-state index in [1.54, 1.807) is 18.1 Å². The molecule has 2 fully saturated rings. The van der Waals surface area contributed by atoms with Gasteiger partial charge in [-0.15, -0.1) is 0 Å². The van der Waals surface area contributed by atoms with Gasteiger partial charge in [-0.2, -0.15) is 36.5 Å². The van der Waals surface area contributed by atoms with E-state index in [1.807, 2.05) is 36.0 Å². The van der Waals surface area contributed by atoms with Gasteiger partial charge in [0.1, 0.15) is 24.6 Å². The summed E-state index contributed by atoms with van der Waals surface area (Å²) in [6.45, 7) is 6.26. The number of piperazine rings is 2. The maximum atomic E-state index is 13.0. The second kappa shape index (κ2) is 21.8. The van der Waals surface area contributed by atoms with Crippen molar-refractivity contribution in [1.29, 1.82) is 0 Å². The predicted molar refractivity (Wildman–Crippen MR) is 237 cm³/mol. The molecule has 0 unspecified atom stereocenters. The number of halogens is 10. The van der Waals surface area contributed by atoms with Gasteiger partial charge in [-0.3, -0.25) is 23.7 Å². The summed E-state index contributed by atoms with van der Waals surface area (Å²) in [6, 6.07) is 6.96. The van der Waals surface area contributed by atoms with Crippen molar-refractivity contribution in [3.8, 4) is 11.5 Å². The van der Waals surface area contributed by atoms with Gasteiger partial charge in [0.05, 0.1) is 51.4 Å². The summed E-state index contributed by atoms with van der Waals surface area (Å²) >= 11 is 23.9. The lowest BCUT2D eigenvalue weighted by Crippen LogP contribution is -2.50. The second-order valence-electron chi connectivity index (χ2n) is 15.1. The van der Waals surface area contributed by atoms with Crippen LogP contribution in [0.4, 0.5) is 37.7 Å². The summed E-state index contributed by atoms with van der Waals surface area (Å²) in [5.74, 6) is 0.305. The van der Waals surface area contributed by atoms with Gasteiger partial charge in [-0.1, -0.05) is 53.8 Å². The number of methoxy groups -OCH3 is 2. The number of anilines is 2. The van der Waals surface area contributed by atoms with Crippen LogP contribution in [0.25, 0.3) is 0 Å². The van der Waals surface area contributed by atoms with Gasteiger partial charge < -0.3 is 34.0 Å². The molecule has 0 N–H and O–H groups in total. The fourth-order valence-electron chi connectivity index (χ4n) is 7.15. The van der Waals surface area contributed by atoms with Crippen molar-refractivity contribution in [3.05, 3.63) is 78.3 Å². The van der Waals surface area contributed by atoms with Crippen LogP contribution in [-0.4, -0.2) is 133 Å². The van der Waals surface area contributed by atoms with Gasteiger partial charge in [-0.25, -0.2) is 0 Å². The molecule has 2 aliphatic heterocycles. The van der Waals surface area contributed by atoms with Gasteiger partial charge in [0, 0.05) is 82.3 Å². The molecular weight excluding hydrogens is 954 g/mol. The van der Waals surface area contributed by atoms with Gasteiger partial charge in [0.2, 0.25) is 11.8 Å². The lowest BCUT2D eigenvalue weighted by molar-refractivity contribution is -0.142. The van der Waals surface area contributed by atoms with Crippen molar-refractivity contribution < 1.29 is 50.2 Å². The fourth-order valence-corrected chi connectivity index (χ4v) is 8.15. The molecule has 2 saturated heterocycles. The van der Waals surface area contributed by atoms with E-state index in [-0.39, 0.29) is 43.7 Å². The van der Waals surface area contributed by atoms with Crippen molar-refractivity contribution in [1.82, 2.24) is 34.3 Å². The molecule has 2 aromatic carbocycles. The quantitative estimate of drug-likeness (QED) is 0.107. The maximum absolute atomic E-state index is 13.0. The standard InChI is InChI=1S/C21H26Cl2F3N5O2.C19H19Cl2F3N4O3.CH4/c1-13-19(23)20(21(24,25)26)27-31(13)12-18(32)30-7-5-29(6-8-30)16-10-17(33-4)15(22)9-14(16)11-28(2)3;1-11-17(21)18(19(22,23)24)25-28(11)9-16(30)27-5-3-26(4-6-27)14-8-15(31-2)13(20)7-12(14)10-29;/h9-10H,5-8,11-12H2,1-4H3;7-8,10H,3-6,9H2,1-2H3;1H4. The van der Waals surface area contributed by atoms with Crippen LogP contribution in [0.3, 0.4) is 0 Å². The summed E-state index contributed by atoms with van der Waals surface area (Å²) in [7, 11) is 6.95. The number of carbonyl (C=O) groups excluding carboxylic acids is 3. The summed E-state index contributed by atoms with van der Waals surface area (Å²) in [5.41, 5.74) is 0.836. The molecule has 0 spiro atoms. The van der Waals surface area contributed by atoms with Crippen LogP contribution in [0.1, 0.15) is 46.1 Å². The highest BCUT2D eigenvalue weighted by molar-refractivity contribution is 6.33. The Morgan fingerprint density at radius 2 is 1.06 bits per heavy atom. The Morgan fingerprint density at radius 1 is 0.677 bits per heavy atom. The van der Waals surface area contributed by atoms with Crippen LogP contribution in [-0.2, 0) is 41.6 Å². The molecule has 14 nitrogen and oxygen atoms in total. The number of nitrogens with zero attached hydrogens (tertiary/aromatic N) is 9. The number of carbonyl (C=O) groups is 3. The van der Waals surface area contributed by atoms with E-state index in [4.69, 9.17) is 55.9 Å². The normalized spacial score (nSPS) is 14.5. The summed E-state index contributed by atoms with van der Waals surface area (Å²) in [4.78, 5) is 46.1. The number of alkyl halides is 6. The molecule has 0 saturated carbocycles. The Kier molecular flexibility index (Phi) is 17.8. The first-order valence-corrected chi connectivity index (χ1v) is 21.0. The van der Waals surface area contributed by atoms with Gasteiger partial charge in [0.15, 0.2) is 17.7 Å². The molecule has 24 heteroatoms. The smallest absolute Gasteiger partial charge is 0.436 e. The third kappa shape index (κ3) is 12.4. The van der Waals surface area contributed by atoms with E-state index in [0.717, 1.165) is 20.6 Å². The van der Waals surface area contributed by atoms with E-state index in [0.29, 0.717) is 98.0 Å². The van der Waals surface area contributed by atoms with Crippen LogP contribution in [0.15, 0.2) is 24.3 Å². The molecule has 0 bridgehead atoms. The molecule has 4 aromatic rings. The first-order chi connectivity index (χ1) is 30.0. The zero-order valence-electron chi connectivity index (χ0n) is 35.5. The molecule has 358 valence electrons. The summed E-state index contributed by atoms with van der Waals surface area (Å²) in [5, 5.41) is 6.83. The highest BCUT2D eigenvalue weighted by atomic mass is 35.5. The van der Waals surface area contributed by atoms with Crippen LogP contribution in [0.2, 0.25) is 20.1 Å². The van der Waals surface area contributed by atoms with Crippen molar-refractivity contribution in [2.45, 2.75) is 53.3 Å². The van der Waals surface area contributed by atoms with E-state index in [1.165, 1.54) is 31.9 Å². The Labute approximate surface area is 392 Å². The van der Waals surface area contributed by atoms with Gasteiger partial charge >= 0.3 is 12.4 Å². The number of aldehydes is 1. The van der Waals surface area contributed by atoms with Crippen molar-refractivity contribution in [2.24, 2.45) is 0 Å². The fraction of sp³-hybridized carbons (Fsp3) is 0.488. The molecule has 0 aliphatic carbocycles. The molecule has 2 aliphatic rings. The molecule has 2 amide bonds. The minimum absolute atomic E-state index is 0.